The lowest BCUT2D eigenvalue weighted by Crippen LogP contribution is -2.60. The second-order valence-corrected chi connectivity index (χ2v) is 13.3. The first-order chi connectivity index (χ1) is 18.9. The van der Waals surface area contributed by atoms with Gasteiger partial charge in [0.25, 0.3) is 0 Å². The third-order valence-corrected chi connectivity index (χ3v) is 9.85. The van der Waals surface area contributed by atoms with E-state index in [1.807, 2.05) is 31.2 Å². The van der Waals surface area contributed by atoms with Gasteiger partial charge in [0.1, 0.15) is 12.4 Å². The summed E-state index contributed by atoms with van der Waals surface area (Å²) in [7, 11) is -12.5. The first-order valence-electron chi connectivity index (χ1n) is 12.3. The minimum atomic E-state index is -6.33. The van der Waals surface area contributed by atoms with Gasteiger partial charge in [0.05, 0.1) is 6.04 Å². The van der Waals surface area contributed by atoms with Crippen LogP contribution in [0, 0.1) is 6.92 Å². The van der Waals surface area contributed by atoms with Crippen molar-refractivity contribution in [2.75, 3.05) is 0 Å². The number of hydrogen-bond acceptors (Lipinski definition) is 6. The highest BCUT2D eigenvalue weighted by atomic mass is 32.2. The van der Waals surface area contributed by atoms with E-state index in [2.05, 4.69) is 0 Å². The van der Waals surface area contributed by atoms with Gasteiger partial charge in [0, 0.05) is 19.5 Å². The molecule has 2 aromatic rings. The van der Waals surface area contributed by atoms with Gasteiger partial charge < -0.3 is 4.74 Å². The van der Waals surface area contributed by atoms with Crippen molar-refractivity contribution >= 4 is 26.0 Å². The fourth-order valence-electron chi connectivity index (χ4n) is 4.63. The first-order valence-corrected chi connectivity index (χ1v) is 15.2. The van der Waals surface area contributed by atoms with Gasteiger partial charge in [-0.25, -0.2) is 12.7 Å². The summed E-state index contributed by atoms with van der Waals surface area (Å²) in [5, 5.41) is 0. The molecule has 3 rings (SSSR count). The Bertz CT molecular complexity index is 1430. The maximum atomic E-state index is 13.8. The smallest absolute Gasteiger partial charge is 0.489 e. The molecule has 8 nitrogen and oxygen atoms in total. The van der Waals surface area contributed by atoms with Gasteiger partial charge in [0.2, 0.25) is 5.91 Å². The summed E-state index contributed by atoms with van der Waals surface area (Å²) in [5.41, 5.74) is -9.88. The number of nitrogens with zero attached hydrogens (tertiary/aromatic N) is 2. The highest BCUT2D eigenvalue weighted by Crippen LogP contribution is 2.39. The second-order valence-electron chi connectivity index (χ2n) is 9.60. The van der Waals surface area contributed by atoms with Crippen molar-refractivity contribution < 1.29 is 52.7 Å². The number of sulfonamides is 2. The predicted octanol–water partition coefficient (Wildman–Crippen LogP) is 5.23. The standard InChI is InChI=1S/C25H28F6N2O6S2/c1-17-7-9-20(10-8-17)16-39-21-13-11-19(12-14-21)15-32(40(35,36)24(26,27)28)22-5-3-4-6-23(22)33(18(2)34)41(37,38)25(29,30)31/h7-14,22-23H,3-6,15-16H2,1-2H3/t22-,23-/m0/s1. The maximum Gasteiger partial charge on any atom is 0.516 e. The SMILES string of the molecule is CC(=O)N([C@H]1CCCC[C@@H]1N(Cc1ccc(OCc2ccc(C)cc2)cc1)S(=O)(=O)C(F)(F)F)S(=O)(=O)C(F)(F)F. The molecule has 2 aromatic carbocycles. The zero-order valence-corrected chi connectivity index (χ0v) is 23.6. The molecule has 0 saturated heterocycles. The molecular weight excluding hydrogens is 602 g/mol. The normalized spacial score (nSPS) is 18.8. The number of amides is 1. The molecule has 1 aliphatic carbocycles. The molecular formula is C25H28F6N2O6S2. The van der Waals surface area contributed by atoms with Crippen LogP contribution in [0.2, 0.25) is 0 Å². The Hall–Kier alpha value is -2.85. The third kappa shape index (κ3) is 7.33. The minimum Gasteiger partial charge on any atom is -0.489 e. The van der Waals surface area contributed by atoms with Crippen molar-refractivity contribution in [3.8, 4) is 5.75 Å². The summed E-state index contributed by atoms with van der Waals surface area (Å²) in [6.45, 7) is 1.66. The third-order valence-electron chi connectivity index (χ3n) is 6.62. The van der Waals surface area contributed by atoms with E-state index in [1.165, 1.54) is 24.3 Å². The van der Waals surface area contributed by atoms with Crippen LogP contribution in [0.3, 0.4) is 0 Å². The largest absolute Gasteiger partial charge is 0.516 e. The molecule has 228 valence electrons. The van der Waals surface area contributed by atoms with Crippen molar-refractivity contribution in [3.63, 3.8) is 0 Å². The van der Waals surface area contributed by atoms with Crippen LogP contribution >= 0.6 is 0 Å². The summed E-state index contributed by atoms with van der Waals surface area (Å²) in [5.74, 6) is -1.28. The van der Waals surface area contributed by atoms with Crippen LogP contribution in [0.1, 0.15) is 49.3 Å². The van der Waals surface area contributed by atoms with Crippen LogP contribution in [-0.2, 0) is 38.0 Å². The van der Waals surface area contributed by atoms with Gasteiger partial charge in [-0.05, 0) is 43.0 Å². The molecule has 1 amide bonds. The number of carbonyl (C=O) groups excluding carboxylic acids is 1. The van der Waals surface area contributed by atoms with Gasteiger partial charge in [0.15, 0.2) is 0 Å². The predicted molar refractivity (Wildman–Crippen MR) is 136 cm³/mol. The van der Waals surface area contributed by atoms with Crippen LogP contribution < -0.4 is 4.74 Å². The Morgan fingerprint density at radius 3 is 1.78 bits per heavy atom. The maximum absolute atomic E-state index is 13.8. The highest BCUT2D eigenvalue weighted by molar-refractivity contribution is 7.90. The van der Waals surface area contributed by atoms with E-state index in [-0.39, 0.29) is 29.3 Å². The number of benzene rings is 2. The molecule has 0 heterocycles. The number of aryl methyl sites for hydroxylation is 1. The van der Waals surface area contributed by atoms with Gasteiger partial charge in [-0.2, -0.15) is 39.1 Å². The molecule has 41 heavy (non-hydrogen) atoms. The van der Waals surface area contributed by atoms with Gasteiger partial charge in [-0.3, -0.25) is 4.79 Å². The molecule has 0 unspecified atom stereocenters. The van der Waals surface area contributed by atoms with Crippen molar-refractivity contribution in [2.45, 2.75) is 75.8 Å². The lowest BCUT2D eigenvalue weighted by atomic mass is 9.90. The topological polar surface area (TPSA) is 101 Å². The zero-order valence-electron chi connectivity index (χ0n) is 21.9. The van der Waals surface area contributed by atoms with E-state index in [0.29, 0.717) is 12.7 Å². The van der Waals surface area contributed by atoms with Crippen molar-refractivity contribution in [3.05, 3.63) is 65.2 Å². The molecule has 16 heteroatoms. The van der Waals surface area contributed by atoms with E-state index in [0.717, 1.165) is 11.1 Å². The molecule has 0 aliphatic heterocycles. The fourth-order valence-corrected chi connectivity index (χ4v) is 6.98. The number of alkyl halides is 6. The average Bonchev–Trinajstić information content (AvgIpc) is 2.86. The van der Waals surface area contributed by atoms with Crippen LogP contribution in [0.5, 0.6) is 5.75 Å². The summed E-state index contributed by atoms with van der Waals surface area (Å²) in [6, 6.07) is 8.86. The molecule has 0 spiro atoms. The van der Waals surface area contributed by atoms with E-state index in [4.69, 9.17) is 4.74 Å². The average molecular weight is 631 g/mol. The molecule has 0 radical (unpaired) electrons. The number of halogens is 6. The molecule has 0 aromatic heterocycles. The van der Waals surface area contributed by atoms with Crippen LogP contribution in [-0.4, -0.2) is 54.5 Å². The molecule has 1 aliphatic rings. The Kier molecular flexibility index (Phi) is 9.70. The Balaban J connectivity index is 1.96. The summed E-state index contributed by atoms with van der Waals surface area (Å²) >= 11 is 0. The van der Waals surface area contributed by atoms with Crippen molar-refractivity contribution in [1.29, 1.82) is 0 Å². The van der Waals surface area contributed by atoms with E-state index in [1.54, 1.807) is 0 Å². The quantitative estimate of drug-likeness (QED) is 0.352. The van der Waals surface area contributed by atoms with E-state index >= 15 is 0 Å². The highest BCUT2D eigenvalue weighted by Gasteiger charge is 2.58. The van der Waals surface area contributed by atoms with Crippen LogP contribution in [0.4, 0.5) is 26.3 Å². The number of carbonyl (C=O) groups is 1. The monoisotopic (exact) mass is 630 g/mol. The number of rotatable bonds is 9. The van der Waals surface area contributed by atoms with Crippen LogP contribution in [0.25, 0.3) is 0 Å². The summed E-state index contributed by atoms with van der Waals surface area (Å²) in [6.07, 6.45) is -0.718. The van der Waals surface area contributed by atoms with E-state index in [9.17, 15) is 48.0 Å². The minimum absolute atomic E-state index is 0.0258. The summed E-state index contributed by atoms with van der Waals surface area (Å²) < 4.78 is 137. The Morgan fingerprint density at radius 1 is 0.805 bits per heavy atom. The lowest BCUT2D eigenvalue weighted by molar-refractivity contribution is -0.128. The molecule has 1 saturated carbocycles. The second kappa shape index (κ2) is 12.2. The molecule has 0 bridgehead atoms. The molecule has 0 N–H and O–H groups in total. The Labute approximate surface area is 234 Å². The van der Waals surface area contributed by atoms with Crippen LogP contribution in [0.15, 0.2) is 48.5 Å². The summed E-state index contributed by atoms with van der Waals surface area (Å²) in [4.78, 5) is 12.2. The van der Waals surface area contributed by atoms with Gasteiger partial charge in [-0.1, -0.05) is 54.8 Å². The van der Waals surface area contributed by atoms with E-state index < -0.39 is 72.7 Å². The molecule has 1 fully saturated rings. The van der Waals surface area contributed by atoms with Gasteiger partial charge in [-0.15, -0.1) is 0 Å². The molecule has 2 atom stereocenters. The Morgan fingerprint density at radius 2 is 1.29 bits per heavy atom. The first kappa shape index (κ1) is 32.7. The zero-order chi connectivity index (χ0) is 30.8. The number of hydrogen-bond donors (Lipinski definition) is 0. The van der Waals surface area contributed by atoms with Gasteiger partial charge >= 0.3 is 31.1 Å². The lowest BCUT2D eigenvalue weighted by Gasteiger charge is -2.43. The van der Waals surface area contributed by atoms with Crippen molar-refractivity contribution in [1.82, 2.24) is 8.61 Å². The fraction of sp³-hybridized carbons (Fsp3) is 0.480. The number of ether oxygens (including phenoxy) is 1. The van der Waals surface area contributed by atoms with Crippen molar-refractivity contribution in [2.24, 2.45) is 0 Å².